The highest BCUT2D eigenvalue weighted by Crippen LogP contribution is 2.38. The van der Waals surface area contributed by atoms with Gasteiger partial charge in [0.1, 0.15) is 17.0 Å². The van der Waals surface area contributed by atoms with Gasteiger partial charge >= 0.3 is 6.01 Å². The number of pyridine rings is 1. The van der Waals surface area contributed by atoms with Gasteiger partial charge in [0.05, 0.1) is 17.7 Å². The van der Waals surface area contributed by atoms with Crippen molar-refractivity contribution in [1.29, 1.82) is 0 Å². The monoisotopic (exact) mass is 543 g/mol. The van der Waals surface area contributed by atoms with Crippen molar-refractivity contribution in [2.45, 2.75) is 31.3 Å². The van der Waals surface area contributed by atoms with Gasteiger partial charge in [0.25, 0.3) is 0 Å². The van der Waals surface area contributed by atoms with Crippen LogP contribution in [0.3, 0.4) is 0 Å². The first-order chi connectivity index (χ1) is 19.0. The van der Waals surface area contributed by atoms with Crippen LogP contribution in [-0.2, 0) is 13.5 Å². The zero-order chi connectivity index (χ0) is 26.5. The normalized spacial score (nSPS) is 18.8. The minimum absolute atomic E-state index is 0.145. The highest BCUT2D eigenvalue weighted by molar-refractivity contribution is 6.36. The lowest BCUT2D eigenvalue weighted by atomic mass is 10.0. The summed E-state index contributed by atoms with van der Waals surface area (Å²) in [5, 5.41) is 10.8. The predicted octanol–water partition coefficient (Wildman–Crippen LogP) is 4.93. The Bertz CT molecular complexity index is 1690. The third-order valence-electron chi connectivity index (χ3n) is 7.63. The van der Waals surface area contributed by atoms with E-state index in [2.05, 4.69) is 25.3 Å². The number of aryl methyl sites for hydroxylation is 1. The Balaban J connectivity index is 1.33. The molecule has 2 aromatic carbocycles. The van der Waals surface area contributed by atoms with Gasteiger partial charge < -0.3 is 15.0 Å². The minimum atomic E-state index is -0.517. The first-order valence-corrected chi connectivity index (χ1v) is 13.6. The fraction of sp³-hybridized carbons (Fsp3) is 0.310. The maximum atomic E-state index is 16.4. The van der Waals surface area contributed by atoms with Gasteiger partial charge in [0.15, 0.2) is 5.82 Å². The van der Waals surface area contributed by atoms with Crippen LogP contribution in [0.15, 0.2) is 54.9 Å². The summed E-state index contributed by atoms with van der Waals surface area (Å²) in [6, 6.07) is 14.2. The molecule has 8 nitrogen and oxygen atoms in total. The van der Waals surface area contributed by atoms with E-state index in [0.717, 1.165) is 42.4 Å². The highest BCUT2D eigenvalue weighted by Gasteiger charge is 2.34. The van der Waals surface area contributed by atoms with Crippen molar-refractivity contribution in [2.75, 3.05) is 24.6 Å². The van der Waals surface area contributed by atoms with Crippen LogP contribution >= 0.6 is 11.6 Å². The third-order valence-corrected chi connectivity index (χ3v) is 7.94. The maximum Gasteiger partial charge on any atom is 0.319 e. The fourth-order valence-corrected chi connectivity index (χ4v) is 6.10. The van der Waals surface area contributed by atoms with E-state index in [9.17, 15) is 0 Å². The van der Waals surface area contributed by atoms with E-state index in [0.29, 0.717) is 46.9 Å². The first-order valence-electron chi connectivity index (χ1n) is 13.2. The molecule has 5 heterocycles. The molecule has 3 aromatic heterocycles. The number of piperazine rings is 1. The number of halogens is 2. The molecule has 2 saturated heterocycles. The number of hydrogen-bond acceptors (Lipinski definition) is 7. The SMILES string of the molecule is Cn1ccc(CCOc2nc(N3C[C@H]4CC[C@@H](C3)N4)c3cnc(-c4cccc5cccc(Cl)c45)c(F)c3n2)n1. The second kappa shape index (κ2) is 9.73. The molecule has 0 spiro atoms. The van der Waals surface area contributed by atoms with Gasteiger partial charge in [-0.2, -0.15) is 15.1 Å². The lowest BCUT2D eigenvalue weighted by Crippen LogP contribution is -2.51. The Hall–Kier alpha value is -3.82. The summed E-state index contributed by atoms with van der Waals surface area (Å²) >= 11 is 6.56. The summed E-state index contributed by atoms with van der Waals surface area (Å²) in [5.41, 5.74) is 1.91. The standard InChI is InChI=1S/C29H27ClFN7O/c1-37-12-10-18(36-37)11-13-39-29-34-27-22(28(35-29)38-15-19-8-9-20(16-38)33-19)14-32-26(25(27)31)21-6-2-4-17-5-3-7-23(30)24(17)21/h2-7,10,12,14,19-20,33H,8-9,11,13,15-16H2,1H3/t19-,20+. The first kappa shape index (κ1) is 24.2. The molecule has 2 fully saturated rings. The van der Waals surface area contributed by atoms with Gasteiger partial charge in [-0.05, 0) is 30.4 Å². The Morgan fingerprint density at radius 1 is 1.08 bits per heavy atom. The summed E-state index contributed by atoms with van der Waals surface area (Å²) in [6.45, 7) is 1.91. The number of benzene rings is 2. The van der Waals surface area contributed by atoms with E-state index >= 15 is 4.39 Å². The fourth-order valence-electron chi connectivity index (χ4n) is 5.82. The molecule has 2 bridgehead atoms. The van der Waals surface area contributed by atoms with Crippen molar-refractivity contribution < 1.29 is 9.13 Å². The molecule has 2 aliphatic heterocycles. The van der Waals surface area contributed by atoms with Crippen LogP contribution in [-0.4, -0.2) is 56.5 Å². The van der Waals surface area contributed by atoms with Crippen molar-refractivity contribution in [1.82, 2.24) is 30.0 Å². The lowest BCUT2D eigenvalue weighted by molar-refractivity contribution is 0.295. The molecule has 39 heavy (non-hydrogen) atoms. The molecule has 0 radical (unpaired) electrons. The second-order valence-corrected chi connectivity index (χ2v) is 10.7. The van der Waals surface area contributed by atoms with Crippen molar-refractivity contribution in [3.8, 4) is 17.3 Å². The predicted molar refractivity (Wildman–Crippen MR) is 150 cm³/mol. The van der Waals surface area contributed by atoms with Crippen LogP contribution in [0.1, 0.15) is 18.5 Å². The summed E-state index contributed by atoms with van der Waals surface area (Å²) < 4.78 is 24.2. The number of nitrogens with zero attached hydrogens (tertiary/aromatic N) is 6. The van der Waals surface area contributed by atoms with E-state index in [1.807, 2.05) is 49.6 Å². The third kappa shape index (κ3) is 4.45. The number of hydrogen-bond donors (Lipinski definition) is 1. The van der Waals surface area contributed by atoms with Crippen molar-refractivity contribution in [3.63, 3.8) is 0 Å². The van der Waals surface area contributed by atoms with E-state index in [1.54, 1.807) is 16.9 Å². The maximum absolute atomic E-state index is 16.4. The van der Waals surface area contributed by atoms with Crippen LogP contribution in [0.5, 0.6) is 6.01 Å². The zero-order valence-corrected chi connectivity index (χ0v) is 22.2. The van der Waals surface area contributed by atoms with Gasteiger partial charge in [-0.25, -0.2) is 4.39 Å². The number of rotatable bonds is 6. The van der Waals surface area contributed by atoms with Gasteiger partial charge in [-0.3, -0.25) is 9.67 Å². The Labute approximate surface area is 229 Å². The lowest BCUT2D eigenvalue weighted by Gasteiger charge is -2.34. The number of fused-ring (bicyclic) bond motifs is 4. The van der Waals surface area contributed by atoms with Crippen LogP contribution in [0, 0.1) is 5.82 Å². The number of ether oxygens (including phenoxy) is 1. The van der Waals surface area contributed by atoms with Crippen LogP contribution in [0.4, 0.5) is 10.2 Å². The molecule has 2 aliphatic rings. The number of nitrogens with one attached hydrogen (secondary N) is 1. The van der Waals surface area contributed by atoms with Crippen LogP contribution in [0.25, 0.3) is 32.9 Å². The van der Waals surface area contributed by atoms with Crippen molar-refractivity contribution in [3.05, 3.63) is 71.4 Å². The van der Waals surface area contributed by atoms with Crippen molar-refractivity contribution >= 4 is 39.1 Å². The Morgan fingerprint density at radius 2 is 1.87 bits per heavy atom. The summed E-state index contributed by atoms with van der Waals surface area (Å²) in [6.07, 6.45) is 6.41. The molecule has 0 unspecified atom stereocenters. The highest BCUT2D eigenvalue weighted by atomic mass is 35.5. The summed E-state index contributed by atoms with van der Waals surface area (Å²) in [5.74, 6) is 0.136. The topological polar surface area (TPSA) is 81.0 Å². The van der Waals surface area contributed by atoms with Gasteiger partial charge in [-0.15, -0.1) is 0 Å². The molecule has 0 saturated carbocycles. The van der Waals surface area contributed by atoms with Crippen LogP contribution in [0.2, 0.25) is 5.02 Å². The molecule has 5 aromatic rings. The van der Waals surface area contributed by atoms with Gasteiger partial charge in [-0.1, -0.05) is 41.9 Å². The summed E-state index contributed by atoms with van der Waals surface area (Å²) in [7, 11) is 1.88. The average molecular weight is 544 g/mol. The van der Waals surface area contributed by atoms with Gasteiger partial charge in [0, 0.05) is 67.0 Å². The summed E-state index contributed by atoms with van der Waals surface area (Å²) in [4.78, 5) is 16.2. The van der Waals surface area contributed by atoms with E-state index in [4.69, 9.17) is 21.3 Å². The molecular formula is C29H27ClFN7O. The Morgan fingerprint density at radius 3 is 2.64 bits per heavy atom. The number of aromatic nitrogens is 5. The van der Waals surface area contributed by atoms with Crippen LogP contribution < -0.4 is 15.0 Å². The molecule has 1 N–H and O–H groups in total. The Kier molecular flexibility index (Phi) is 6.05. The second-order valence-electron chi connectivity index (χ2n) is 10.3. The minimum Gasteiger partial charge on any atom is -0.463 e. The van der Waals surface area contributed by atoms with Gasteiger partial charge in [0.2, 0.25) is 0 Å². The van der Waals surface area contributed by atoms with Crippen molar-refractivity contribution in [2.24, 2.45) is 7.05 Å². The molecular weight excluding hydrogens is 517 g/mol. The van der Waals surface area contributed by atoms with E-state index < -0.39 is 5.82 Å². The van der Waals surface area contributed by atoms with E-state index in [-0.39, 0.29) is 17.2 Å². The molecule has 7 rings (SSSR count). The largest absolute Gasteiger partial charge is 0.463 e. The zero-order valence-electron chi connectivity index (χ0n) is 21.4. The molecule has 0 amide bonds. The average Bonchev–Trinajstić information content (AvgIpc) is 3.51. The molecule has 10 heteroatoms. The molecule has 0 aliphatic carbocycles. The molecule has 2 atom stereocenters. The smallest absolute Gasteiger partial charge is 0.319 e. The molecule has 198 valence electrons. The van der Waals surface area contributed by atoms with E-state index in [1.165, 1.54) is 0 Å². The number of anilines is 1. The quantitative estimate of drug-likeness (QED) is 0.325.